The third-order valence-electron chi connectivity index (χ3n) is 2.69. The van der Waals surface area contributed by atoms with Crippen LogP contribution in [0.25, 0.3) is 10.2 Å². The zero-order valence-corrected chi connectivity index (χ0v) is 10.2. The van der Waals surface area contributed by atoms with Crippen molar-refractivity contribution in [2.75, 3.05) is 31.1 Å². The van der Waals surface area contributed by atoms with E-state index in [0.29, 0.717) is 5.28 Å². The zero-order valence-electron chi connectivity index (χ0n) is 8.61. The van der Waals surface area contributed by atoms with Crippen molar-refractivity contribution in [2.24, 2.45) is 0 Å². The molecule has 3 heterocycles. The van der Waals surface area contributed by atoms with E-state index in [1.807, 2.05) is 5.38 Å². The van der Waals surface area contributed by atoms with Crippen molar-refractivity contribution < 1.29 is 0 Å². The number of halogens is 1. The molecule has 4 nitrogen and oxygen atoms in total. The molecule has 2 aromatic rings. The molecule has 1 fully saturated rings. The quantitative estimate of drug-likeness (QED) is 0.788. The minimum Gasteiger partial charge on any atom is -0.353 e. The molecule has 0 unspecified atom stereocenters. The molecule has 6 heteroatoms. The molecule has 0 atom stereocenters. The third kappa shape index (κ3) is 1.75. The van der Waals surface area contributed by atoms with Gasteiger partial charge in [-0.3, -0.25) is 0 Å². The number of hydrogen-bond donors (Lipinski definition) is 1. The summed E-state index contributed by atoms with van der Waals surface area (Å²) in [5.41, 5.74) is 0. The second-order valence-electron chi connectivity index (χ2n) is 3.69. The normalized spacial score (nSPS) is 16.9. The van der Waals surface area contributed by atoms with E-state index in [9.17, 15) is 0 Å². The number of rotatable bonds is 1. The van der Waals surface area contributed by atoms with E-state index in [0.717, 1.165) is 42.2 Å². The summed E-state index contributed by atoms with van der Waals surface area (Å²) >= 11 is 7.54. The SMILES string of the molecule is Clc1nc(N2CCNCC2)c2ccsc2n1. The Morgan fingerprint density at radius 1 is 1.31 bits per heavy atom. The fourth-order valence-electron chi connectivity index (χ4n) is 1.93. The van der Waals surface area contributed by atoms with Crippen molar-refractivity contribution in [3.05, 3.63) is 16.7 Å². The highest BCUT2D eigenvalue weighted by atomic mass is 35.5. The number of fused-ring (bicyclic) bond motifs is 1. The predicted octanol–water partition coefficient (Wildman–Crippen LogP) is 1.75. The largest absolute Gasteiger partial charge is 0.353 e. The van der Waals surface area contributed by atoms with Gasteiger partial charge in [-0.05, 0) is 23.0 Å². The summed E-state index contributed by atoms with van der Waals surface area (Å²) in [5, 5.41) is 6.80. The Kier molecular flexibility index (Phi) is 2.67. The van der Waals surface area contributed by atoms with Gasteiger partial charge in [-0.2, -0.15) is 4.98 Å². The van der Waals surface area contributed by atoms with E-state index in [4.69, 9.17) is 11.6 Å². The highest BCUT2D eigenvalue weighted by Crippen LogP contribution is 2.29. The molecule has 0 saturated carbocycles. The Hall–Kier alpha value is -0.910. The molecule has 3 rings (SSSR count). The van der Waals surface area contributed by atoms with Gasteiger partial charge in [-0.1, -0.05) is 0 Å². The first-order valence-electron chi connectivity index (χ1n) is 5.21. The van der Waals surface area contributed by atoms with Gasteiger partial charge in [-0.15, -0.1) is 11.3 Å². The summed E-state index contributed by atoms with van der Waals surface area (Å²) in [7, 11) is 0. The lowest BCUT2D eigenvalue weighted by atomic mass is 10.3. The van der Waals surface area contributed by atoms with Gasteiger partial charge in [0.2, 0.25) is 5.28 Å². The van der Waals surface area contributed by atoms with Crippen LogP contribution < -0.4 is 10.2 Å². The van der Waals surface area contributed by atoms with Gasteiger partial charge in [0.25, 0.3) is 0 Å². The Morgan fingerprint density at radius 2 is 2.12 bits per heavy atom. The Morgan fingerprint density at radius 3 is 2.94 bits per heavy atom. The topological polar surface area (TPSA) is 41.1 Å². The Balaban J connectivity index is 2.09. The maximum Gasteiger partial charge on any atom is 0.225 e. The average Bonchev–Trinajstić information content (AvgIpc) is 2.77. The summed E-state index contributed by atoms with van der Waals surface area (Å²) < 4.78 is 0. The van der Waals surface area contributed by atoms with Crippen LogP contribution in [0.3, 0.4) is 0 Å². The molecule has 0 bridgehead atoms. The van der Waals surface area contributed by atoms with E-state index >= 15 is 0 Å². The smallest absolute Gasteiger partial charge is 0.225 e. The molecule has 0 spiro atoms. The standard InChI is InChI=1S/C10H11ClN4S/c11-10-13-8(15-4-2-12-3-5-15)7-1-6-16-9(7)14-10/h1,6,12H,2-5H2. The highest BCUT2D eigenvalue weighted by molar-refractivity contribution is 7.16. The van der Waals surface area contributed by atoms with Crippen LogP contribution in [0.2, 0.25) is 5.28 Å². The van der Waals surface area contributed by atoms with Crippen LogP contribution in [-0.2, 0) is 0 Å². The van der Waals surface area contributed by atoms with Gasteiger partial charge < -0.3 is 10.2 Å². The van der Waals surface area contributed by atoms with Gasteiger partial charge in [-0.25, -0.2) is 4.98 Å². The number of thiophene rings is 1. The van der Waals surface area contributed by atoms with Crippen LogP contribution >= 0.6 is 22.9 Å². The number of aromatic nitrogens is 2. The Bertz CT molecular complexity index is 506. The van der Waals surface area contributed by atoms with Crippen LogP contribution in [0.5, 0.6) is 0 Å². The van der Waals surface area contributed by atoms with Crippen molar-refractivity contribution in [3.8, 4) is 0 Å². The maximum atomic E-state index is 5.94. The fraction of sp³-hybridized carbons (Fsp3) is 0.400. The molecule has 0 aromatic carbocycles. The molecule has 1 aliphatic heterocycles. The van der Waals surface area contributed by atoms with Crippen LogP contribution in [-0.4, -0.2) is 36.1 Å². The minimum absolute atomic E-state index is 0.337. The second kappa shape index (κ2) is 4.16. The first kappa shape index (κ1) is 10.3. The first-order chi connectivity index (χ1) is 7.84. The molecular formula is C10H11ClN4S. The molecule has 0 radical (unpaired) electrons. The molecular weight excluding hydrogens is 244 g/mol. The van der Waals surface area contributed by atoms with Gasteiger partial charge in [0.05, 0.1) is 5.39 Å². The van der Waals surface area contributed by atoms with Gasteiger partial charge in [0.15, 0.2) is 0 Å². The lowest BCUT2D eigenvalue weighted by molar-refractivity contribution is 0.586. The Labute approximate surface area is 102 Å². The van der Waals surface area contributed by atoms with E-state index < -0.39 is 0 Å². The summed E-state index contributed by atoms with van der Waals surface area (Å²) in [6.45, 7) is 3.93. The summed E-state index contributed by atoms with van der Waals surface area (Å²) in [6.07, 6.45) is 0. The van der Waals surface area contributed by atoms with Crippen molar-refractivity contribution in [1.29, 1.82) is 0 Å². The second-order valence-corrected chi connectivity index (χ2v) is 4.93. The summed E-state index contributed by atoms with van der Waals surface area (Å²) in [6, 6.07) is 2.06. The predicted molar refractivity (Wildman–Crippen MR) is 67.5 cm³/mol. The number of nitrogens with one attached hydrogen (secondary N) is 1. The fourth-order valence-corrected chi connectivity index (χ4v) is 2.91. The molecule has 1 N–H and O–H groups in total. The van der Waals surface area contributed by atoms with Crippen LogP contribution in [0.4, 0.5) is 5.82 Å². The van der Waals surface area contributed by atoms with Crippen molar-refractivity contribution in [3.63, 3.8) is 0 Å². The monoisotopic (exact) mass is 254 g/mol. The lowest BCUT2D eigenvalue weighted by Gasteiger charge is -2.28. The zero-order chi connectivity index (χ0) is 11.0. The van der Waals surface area contributed by atoms with Gasteiger partial charge in [0.1, 0.15) is 10.6 Å². The van der Waals surface area contributed by atoms with Crippen molar-refractivity contribution in [1.82, 2.24) is 15.3 Å². The van der Waals surface area contributed by atoms with Gasteiger partial charge >= 0.3 is 0 Å². The molecule has 1 aliphatic rings. The molecule has 0 amide bonds. The van der Waals surface area contributed by atoms with Gasteiger partial charge in [0, 0.05) is 26.2 Å². The minimum atomic E-state index is 0.337. The van der Waals surface area contributed by atoms with Crippen molar-refractivity contribution >= 4 is 39.0 Å². The van der Waals surface area contributed by atoms with E-state index in [-0.39, 0.29) is 0 Å². The molecule has 16 heavy (non-hydrogen) atoms. The van der Waals surface area contributed by atoms with E-state index in [2.05, 4.69) is 26.3 Å². The van der Waals surface area contributed by atoms with E-state index in [1.54, 1.807) is 11.3 Å². The number of hydrogen-bond acceptors (Lipinski definition) is 5. The highest BCUT2D eigenvalue weighted by Gasteiger charge is 2.16. The summed E-state index contributed by atoms with van der Waals surface area (Å²) in [5.74, 6) is 0.970. The average molecular weight is 255 g/mol. The number of piperazine rings is 1. The number of anilines is 1. The van der Waals surface area contributed by atoms with Crippen molar-refractivity contribution in [2.45, 2.75) is 0 Å². The first-order valence-corrected chi connectivity index (χ1v) is 6.47. The van der Waals surface area contributed by atoms with E-state index in [1.165, 1.54) is 0 Å². The molecule has 2 aromatic heterocycles. The molecule has 0 aliphatic carbocycles. The van der Waals surface area contributed by atoms with Crippen LogP contribution in [0.15, 0.2) is 11.4 Å². The lowest BCUT2D eigenvalue weighted by Crippen LogP contribution is -2.44. The molecule has 84 valence electrons. The number of nitrogens with zero attached hydrogens (tertiary/aromatic N) is 3. The maximum absolute atomic E-state index is 5.94. The van der Waals surface area contributed by atoms with Crippen LogP contribution in [0.1, 0.15) is 0 Å². The van der Waals surface area contributed by atoms with Crippen LogP contribution in [0, 0.1) is 0 Å². The third-order valence-corrected chi connectivity index (χ3v) is 3.67. The molecule has 1 saturated heterocycles. The summed E-state index contributed by atoms with van der Waals surface area (Å²) in [4.78, 5) is 11.8.